The lowest BCUT2D eigenvalue weighted by Crippen LogP contribution is -2.30. The maximum Gasteiger partial charge on any atom is 0.573 e. The van der Waals surface area contributed by atoms with Crippen molar-refractivity contribution in [1.29, 1.82) is 0 Å². The van der Waals surface area contributed by atoms with Crippen molar-refractivity contribution in [3.63, 3.8) is 0 Å². The van der Waals surface area contributed by atoms with Gasteiger partial charge in [0, 0.05) is 0 Å². The van der Waals surface area contributed by atoms with Gasteiger partial charge in [-0.05, 0) is 84.6 Å². The second-order valence-electron chi connectivity index (χ2n) is 10.4. The number of alkyl halides is 3. The summed E-state index contributed by atoms with van der Waals surface area (Å²) in [5.41, 5.74) is 2.65. The van der Waals surface area contributed by atoms with Gasteiger partial charge in [-0.25, -0.2) is 4.39 Å². The minimum absolute atomic E-state index is 0.541. The summed E-state index contributed by atoms with van der Waals surface area (Å²) >= 11 is 0. The summed E-state index contributed by atoms with van der Waals surface area (Å²) in [7, 11) is 0. The van der Waals surface area contributed by atoms with Crippen molar-refractivity contribution in [3.05, 3.63) is 53.8 Å². The van der Waals surface area contributed by atoms with Gasteiger partial charge in [-0.2, -0.15) is 0 Å². The van der Waals surface area contributed by atoms with E-state index in [0.29, 0.717) is 11.5 Å². The van der Waals surface area contributed by atoms with Crippen molar-refractivity contribution in [1.82, 2.24) is 0 Å². The SMILES string of the molecule is CCCCCCC1CC[C@@H]2C[C@H](c3ccc(-c4ccc(OC(F)(F)F)c(F)c4)cc3)CC[C@@H]2C1. The van der Waals surface area contributed by atoms with Gasteiger partial charge < -0.3 is 4.74 Å². The standard InChI is InChI=1S/C29H36F4O/c1-2-3-4-5-6-20-7-8-25-18-24(14-13-23(25)17-20)21-9-11-22(12-10-21)26-15-16-28(27(30)19-26)34-29(31,32)33/h9-12,15-16,19-20,23-25H,2-8,13-14,17-18H2,1H3/t20?,23-,24-,25-/m1/s1. The average molecular weight is 477 g/mol. The molecule has 2 aliphatic carbocycles. The fourth-order valence-corrected chi connectivity index (χ4v) is 6.25. The van der Waals surface area contributed by atoms with Crippen LogP contribution >= 0.6 is 0 Å². The molecule has 2 aromatic carbocycles. The monoisotopic (exact) mass is 476 g/mol. The number of halogens is 4. The molecule has 0 aliphatic heterocycles. The Hall–Kier alpha value is -2.04. The highest BCUT2D eigenvalue weighted by molar-refractivity contribution is 5.64. The van der Waals surface area contributed by atoms with Crippen LogP contribution in [0.3, 0.4) is 0 Å². The topological polar surface area (TPSA) is 9.23 Å². The van der Waals surface area contributed by atoms with Crippen LogP contribution in [0.4, 0.5) is 17.6 Å². The molecule has 0 amide bonds. The van der Waals surface area contributed by atoms with Crippen LogP contribution in [0.2, 0.25) is 0 Å². The molecular formula is C29H36F4O. The van der Waals surface area contributed by atoms with E-state index in [4.69, 9.17) is 0 Å². The minimum Gasteiger partial charge on any atom is -0.403 e. The van der Waals surface area contributed by atoms with E-state index in [9.17, 15) is 17.6 Å². The van der Waals surface area contributed by atoms with Crippen molar-refractivity contribution < 1.29 is 22.3 Å². The third-order valence-corrected chi connectivity index (χ3v) is 8.06. The first-order valence-corrected chi connectivity index (χ1v) is 13.0. The van der Waals surface area contributed by atoms with Gasteiger partial charge in [0.2, 0.25) is 0 Å². The van der Waals surface area contributed by atoms with Gasteiger partial charge in [-0.15, -0.1) is 13.2 Å². The van der Waals surface area contributed by atoms with Crippen molar-refractivity contribution >= 4 is 0 Å². The summed E-state index contributed by atoms with van der Waals surface area (Å²) < 4.78 is 55.0. The number of unbranched alkanes of at least 4 members (excludes halogenated alkanes) is 3. The lowest BCUT2D eigenvalue weighted by molar-refractivity contribution is -0.275. The molecule has 2 fully saturated rings. The molecule has 34 heavy (non-hydrogen) atoms. The van der Waals surface area contributed by atoms with Crippen LogP contribution in [-0.4, -0.2) is 6.36 Å². The van der Waals surface area contributed by atoms with Crippen molar-refractivity contribution in [2.45, 2.75) is 89.8 Å². The Morgan fingerprint density at radius 1 is 0.824 bits per heavy atom. The molecule has 0 bridgehead atoms. The Bertz CT molecular complexity index is 921. The molecule has 1 nitrogen and oxygen atoms in total. The summed E-state index contributed by atoms with van der Waals surface area (Å²) in [6.45, 7) is 2.27. The number of fused-ring (bicyclic) bond motifs is 1. The van der Waals surface area contributed by atoms with Gasteiger partial charge in [-0.1, -0.05) is 75.8 Å². The second-order valence-corrected chi connectivity index (χ2v) is 10.4. The van der Waals surface area contributed by atoms with E-state index in [-0.39, 0.29) is 0 Å². The molecule has 0 N–H and O–H groups in total. The van der Waals surface area contributed by atoms with Gasteiger partial charge in [0.15, 0.2) is 11.6 Å². The largest absolute Gasteiger partial charge is 0.573 e. The van der Waals surface area contributed by atoms with Crippen LogP contribution in [0.1, 0.15) is 89.0 Å². The van der Waals surface area contributed by atoms with Crippen LogP contribution in [0.15, 0.2) is 42.5 Å². The Kier molecular flexibility index (Phi) is 8.21. The van der Waals surface area contributed by atoms with Gasteiger partial charge in [0.1, 0.15) is 0 Å². The van der Waals surface area contributed by atoms with E-state index in [2.05, 4.69) is 23.8 Å². The van der Waals surface area contributed by atoms with Crippen molar-refractivity contribution in [2.24, 2.45) is 17.8 Å². The lowest BCUT2D eigenvalue weighted by atomic mass is 9.63. The van der Waals surface area contributed by atoms with E-state index in [0.717, 1.165) is 35.4 Å². The smallest absolute Gasteiger partial charge is 0.403 e. The quantitative estimate of drug-likeness (QED) is 0.272. The highest BCUT2D eigenvalue weighted by atomic mass is 19.4. The molecule has 5 heteroatoms. The minimum atomic E-state index is -4.91. The maximum atomic E-state index is 14.1. The van der Waals surface area contributed by atoms with E-state index >= 15 is 0 Å². The van der Waals surface area contributed by atoms with Crippen LogP contribution < -0.4 is 4.74 Å². The van der Waals surface area contributed by atoms with E-state index in [1.54, 1.807) is 0 Å². The first-order chi connectivity index (χ1) is 16.3. The van der Waals surface area contributed by atoms with Gasteiger partial charge >= 0.3 is 6.36 Å². The average Bonchev–Trinajstić information content (AvgIpc) is 2.82. The normalized spacial score (nSPS) is 25.1. The number of ether oxygens (including phenoxy) is 1. The Balaban J connectivity index is 1.33. The van der Waals surface area contributed by atoms with Crippen molar-refractivity contribution in [3.8, 4) is 16.9 Å². The first kappa shape index (κ1) is 25.1. The second kappa shape index (κ2) is 11.1. The molecular weight excluding hydrogens is 440 g/mol. The van der Waals surface area contributed by atoms with Crippen LogP contribution in [0.25, 0.3) is 11.1 Å². The number of rotatable bonds is 8. The zero-order valence-electron chi connectivity index (χ0n) is 20.0. The Labute approximate surface area is 200 Å². The number of benzene rings is 2. The number of hydrogen-bond donors (Lipinski definition) is 0. The molecule has 2 saturated carbocycles. The molecule has 0 aromatic heterocycles. The van der Waals surface area contributed by atoms with E-state index in [1.165, 1.54) is 82.3 Å². The molecule has 2 aromatic rings. The zero-order chi connectivity index (χ0) is 24.1. The highest BCUT2D eigenvalue weighted by Gasteiger charge is 2.36. The fourth-order valence-electron chi connectivity index (χ4n) is 6.25. The van der Waals surface area contributed by atoms with Crippen molar-refractivity contribution in [2.75, 3.05) is 0 Å². The lowest BCUT2D eigenvalue weighted by Gasteiger charge is -2.42. The predicted octanol–water partition coefficient (Wildman–Crippen LogP) is 9.66. The van der Waals surface area contributed by atoms with Gasteiger partial charge in [0.05, 0.1) is 0 Å². The molecule has 4 atom stereocenters. The van der Waals surface area contributed by atoms with Crippen LogP contribution in [0.5, 0.6) is 5.75 Å². The Morgan fingerprint density at radius 3 is 2.24 bits per heavy atom. The van der Waals surface area contributed by atoms with Gasteiger partial charge in [-0.3, -0.25) is 0 Å². The predicted molar refractivity (Wildman–Crippen MR) is 128 cm³/mol. The molecule has 2 aliphatic rings. The molecule has 186 valence electrons. The summed E-state index contributed by atoms with van der Waals surface area (Å²) in [5.74, 6) is 1.40. The molecule has 1 unspecified atom stereocenters. The molecule has 0 saturated heterocycles. The summed E-state index contributed by atoms with van der Waals surface area (Å²) in [6.07, 6.45) is 9.92. The third kappa shape index (κ3) is 6.55. The number of hydrogen-bond acceptors (Lipinski definition) is 1. The summed E-state index contributed by atoms with van der Waals surface area (Å²) in [4.78, 5) is 0. The maximum absolute atomic E-state index is 14.1. The Morgan fingerprint density at radius 2 is 1.53 bits per heavy atom. The molecule has 0 spiro atoms. The highest BCUT2D eigenvalue weighted by Crippen LogP contribution is 2.48. The van der Waals surface area contributed by atoms with Crippen LogP contribution in [-0.2, 0) is 0 Å². The summed E-state index contributed by atoms with van der Waals surface area (Å²) in [5, 5.41) is 0. The molecule has 4 rings (SSSR count). The molecule has 0 heterocycles. The molecule has 0 radical (unpaired) electrons. The third-order valence-electron chi connectivity index (χ3n) is 8.06. The summed E-state index contributed by atoms with van der Waals surface area (Å²) in [6, 6.07) is 11.7. The van der Waals surface area contributed by atoms with E-state index < -0.39 is 17.9 Å². The first-order valence-electron chi connectivity index (χ1n) is 13.0. The van der Waals surface area contributed by atoms with E-state index in [1.807, 2.05) is 12.1 Å². The zero-order valence-corrected chi connectivity index (χ0v) is 20.0. The van der Waals surface area contributed by atoms with Gasteiger partial charge in [0.25, 0.3) is 0 Å². The van der Waals surface area contributed by atoms with Crippen LogP contribution in [0, 0.1) is 23.6 Å². The fraction of sp³-hybridized carbons (Fsp3) is 0.586.